The highest BCUT2D eigenvalue weighted by Gasteiger charge is 2.24. The van der Waals surface area contributed by atoms with E-state index in [1.807, 2.05) is 12.1 Å². The maximum Gasteiger partial charge on any atom is 0.121 e. The number of aromatic hydroxyl groups is 1. The molecule has 0 amide bonds. The number of aliphatic hydroxyl groups excluding tert-OH is 1. The first-order chi connectivity index (χ1) is 7.29. The topological polar surface area (TPSA) is 40.5 Å². The summed E-state index contributed by atoms with van der Waals surface area (Å²) in [5.41, 5.74) is 0.685. The van der Waals surface area contributed by atoms with Crippen LogP contribution in [0.2, 0.25) is 0 Å². The van der Waals surface area contributed by atoms with Crippen LogP contribution in [0.3, 0.4) is 0 Å². The second-order valence-corrected chi connectivity index (χ2v) is 4.40. The van der Waals surface area contributed by atoms with E-state index in [0.717, 1.165) is 12.8 Å². The van der Waals surface area contributed by atoms with Crippen LogP contribution < -0.4 is 0 Å². The van der Waals surface area contributed by atoms with Gasteiger partial charge in [-0.25, -0.2) is 0 Å². The molecule has 2 N–H and O–H groups in total. The highest BCUT2D eigenvalue weighted by Crippen LogP contribution is 2.37. The van der Waals surface area contributed by atoms with E-state index in [0.29, 0.717) is 11.5 Å². The normalized spacial score (nSPS) is 20.1. The van der Waals surface area contributed by atoms with Crippen LogP contribution in [0.1, 0.15) is 43.8 Å². The van der Waals surface area contributed by atoms with Crippen LogP contribution in [0, 0.1) is 5.92 Å². The Morgan fingerprint density at radius 2 is 1.73 bits per heavy atom. The Balaban J connectivity index is 2.12. The molecule has 2 rings (SSSR count). The van der Waals surface area contributed by atoms with Crippen molar-refractivity contribution in [3.8, 4) is 5.75 Å². The van der Waals surface area contributed by atoms with Crippen molar-refractivity contribution in [2.75, 3.05) is 0 Å². The highest BCUT2D eigenvalue weighted by atomic mass is 16.3. The first kappa shape index (κ1) is 10.5. The van der Waals surface area contributed by atoms with E-state index >= 15 is 0 Å². The summed E-state index contributed by atoms with van der Waals surface area (Å²) >= 11 is 0. The fourth-order valence-electron chi connectivity index (χ4n) is 2.44. The number of hydrogen-bond donors (Lipinski definition) is 2. The Labute approximate surface area is 90.6 Å². The van der Waals surface area contributed by atoms with Gasteiger partial charge in [-0.1, -0.05) is 37.5 Å². The molecule has 0 radical (unpaired) electrons. The molecule has 82 valence electrons. The van der Waals surface area contributed by atoms with Gasteiger partial charge in [0.05, 0.1) is 6.10 Å². The minimum absolute atomic E-state index is 0.218. The van der Waals surface area contributed by atoms with Gasteiger partial charge in [0.1, 0.15) is 5.75 Å². The standard InChI is InChI=1S/C13H18O2/c14-12-9-5-4-8-11(12)13(15)10-6-2-1-3-7-10/h4-5,8-10,13-15H,1-3,6-7H2. The van der Waals surface area contributed by atoms with Crippen molar-refractivity contribution in [2.45, 2.75) is 38.2 Å². The first-order valence-electron chi connectivity index (χ1n) is 5.75. The summed E-state index contributed by atoms with van der Waals surface area (Å²) in [5, 5.41) is 19.8. The van der Waals surface area contributed by atoms with Gasteiger partial charge in [0, 0.05) is 5.56 Å². The van der Waals surface area contributed by atoms with Gasteiger partial charge in [-0.15, -0.1) is 0 Å². The largest absolute Gasteiger partial charge is 0.508 e. The predicted molar refractivity (Wildman–Crippen MR) is 59.6 cm³/mol. The van der Waals surface area contributed by atoms with Crippen molar-refractivity contribution in [2.24, 2.45) is 5.92 Å². The van der Waals surface area contributed by atoms with Gasteiger partial charge < -0.3 is 10.2 Å². The van der Waals surface area contributed by atoms with E-state index < -0.39 is 6.10 Å². The molecule has 0 aromatic heterocycles. The summed E-state index contributed by atoms with van der Waals surface area (Å²) in [6.45, 7) is 0. The molecule has 0 bridgehead atoms. The van der Waals surface area contributed by atoms with E-state index in [1.54, 1.807) is 12.1 Å². The van der Waals surface area contributed by atoms with Gasteiger partial charge in [0.15, 0.2) is 0 Å². The lowest BCUT2D eigenvalue weighted by Gasteiger charge is -2.27. The maximum absolute atomic E-state index is 10.2. The van der Waals surface area contributed by atoms with E-state index in [-0.39, 0.29) is 5.75 Å². The van der Waals surface area contributed by atoms with Crippen molar-refractivity contribution < 1.29 is 10.2 Å². The zero-order valence-corrected chi connectivity index (χ0v) is 8.89. The SMILES string of the molecule is Oc1ccccc1C(O)C1CCCCC1. The number of phenols is 1. The molecule has 2 nitrogen and oxygen atoms in total. The quantitative estimate of drug-likeness (QED) is 0.781. The molecular weight excluding hydrogens is 188 g/mol. The number of aliphatic hydroxyl groups is 1. The van der Waals surface area contributed by atoms with Crippen molar-refractivity contribution in [3.05, 3.63) is 29.8 Å². The smallest absolute Gasteiger partial charge is 0.121 e. The van der Waals surface area contributed by atoms with E-state index in [4.69, 9.17) is 0 Å². The lowest BCUT2D eigenvalue weighted by Crippen LogP contribution is -2.15. The van der Waals surface area contributed by atoms with E-state index in [9.17, 15) is 10.2 Å². The molecule has 1 atom stereocenters. The molecule has 0 aliphatic heterocycles. The van der Waals surface area contributed by atoms with Gasteiger partial charge in [-0.2, -0.15) is 0 Å². The zero-order chi connectivity index (χ0) is 10.7. The Hall–Kier alpha value is -1.02. The summed E-state index contributed by atoms with van der Waals surface area (Å²) in [6.07, 6.45) is 5.35. The molecule has 0 spiro atoms. The summed E-state index contributed by atoms with van der Waals surface area (Å²) in [4.78, 5) is 0. The Morgan fingerprint density at radius 3 is 2.40 bits per heavy atom. The molecule has 1 aliphatic rings. The second kappa shape index (κ2) is 4.67. The summed E-state index contributed by atoms with van der Waals surface area (Å²) < 4.78 is 0. The lowest BCUT2D eigenvalue weighted by molar-refractivity contribution is 0.0826. The van der Waals surface area contributed by atoms with Crippen molar-refractivity contribution in [3.63, 3.8) is 0 Å². The Morgan fingerprint density at radius 1 is 1.07 bits per heavy atom. The van der Waals surface area contributed by atoms with Gasteiger partial charge in [-0.3, -0.25) is 0 Å². The molecule has 1 aromatic carbocycles. The monoisotopic (exact) mass is 206 g/mol. The van der Waals surface area contributed by atoms with Crippen LogP contribution in [-0.4, -0.2) is 10.2 Å². The van der Waals surface area contributed by atoms with Crippen LogP contribution in [0.15, 0.2) is 24.3 Å². The van der Waals surface area contributed by atoms with Crippen molar-refractivity contribution in [1.82, 2.24) is 0 Å². The molecule has 1 unspecified atom stereocenters. The minimum atomic E-state index is -0.494. The predicted octanol–water partition coefficient (Wildman–Crippen LogP) is 3.01. The van der Waals surface area contributed by atoms with Crippen LogP contribution in [0.5, 0.6) is 5.75 Å². The molecule has 1 saturated carbocycles. The highest BCUT2D eigenvalue weighted by molar-refractivity contribution is 5.33. The minimum Gasteiger partial charge on any atom is -0.508 e. The molecule has 2 heteroatoms. The van der Waals surface area contributed by atoms with E-state index in [1.165, 1.54) is 19.3 Å². The lowest BCUT2D eigenvalue weighted by atomic mass is 9.82. The number of benzene rings is 1. The summed E-state index contributed by atoms with van der Waals surface area (Å²) in [7, 11) is 0. The Kier molecular flexibility index (Phi) is 3.27. The summed E-state index contributed by atoms with van der Waals surface area (Å²) in [6, 6.07) is 7.10. The fraction of sp³-hybridized carbons (Fsp3) is 0.538. The molecule has 1 aromatic rings. The van der Waals surface area contributed by atoms with Crippen LogP contribution >= 0.6 is 0 Å². The number of para-hydroxylation sites is 1. The van der Waals surface area contributed by atoms with Crippen LogP contribution in [0.25, 0.3) is 0 Å². The fourth-order valence-corrected chi connectivity index (χ4v) is 2.44. The molecule has 0 heterocycles. The molecule has 1 aliphatic carbocycles. The molecule has 1 fully saturated rings. The van der Waals surface area contributed by atoms with Crippen LogP contribution in [0.4, 0.5) is 0 Å². The van der Waals surface area contributed by atoms with Gasteiger partial charge >= 0.3 is 0 Å². The zero-order valence-electron chi connectivity index (χ0n) is 8.89. The van der Waals surface area contributed by atoms with Gasteiger partial charge in [0.25, 0.3) is 0 Å². The third-order valence-electron chi connectivity index (χ3n) is 3.35. The Bertz CT molecular complexity index is 316. The number of rotatable bonds is 2. The van der Waals surface area contributed by atoms with Crippen molar-refractivity contribution in [1.29, 1.82) is 0 Å². The third-order valence-corrected chi connectivity index (χ3v) is 3.35. The van der Waals surface area contributed by atoms with Crippen molar-refractivity contribution >= 4 is 0 Å². The maximum atomic E-state index is 10.2. The number of hydrogen-bond acceptors (Lipinski definition) is 2. The van der Waals surface area contributed by atoms with Gasteiger partial charge in [-0.05, 0) is 24.8 Å². The van der Waals surface area contributed by atoms with E-state index in [2.05, 4.69) is 0 Å². The molecule has 15 heavy (non-hydrogen) atoms. The molecule has 0 saturated heterocycles. The van der Waals surface area contributed by atoms with Gasteiger partial charge in [0.2, 0.25) is 0 Å². The molecular formula is C13H18O2. The summed E-state index contributed by atoms with van der Waals surface area (Å²) in [5.74, 6) is 0.544. The number of phenolic OH excluding ortho intramolecular Hbond substituents is 1. The average Bonchev–Trinajstić information content (AvgIpc) is 2.30. The average molecular weight is 206 g/mol. The first-order valence-corrected chi connectivity index (χ1v) is 5.75. The third kappa shape index (κ3) is 2.32. The second-order valence-electron chi connectivity index (χ2n) is 4.40. The van der Waals surface area contributed by atoms with Crippen LogP contribution in [-0.2, 0) is 0 Å².